The Bertz CT molecular complexity index is 292. The minimum absolute atomic E-state index is 0.261. The maximum Gasteiger partial charge on any atom is 0.270 e. The van der Waals surface area contributed by atoms with Gasteiger partial charge < -0.3 is 0 Å². The van der Waals surface area contributed by atoms with Crippen molar-refractivity contribution in [2.75, 3.05) is 6.61 Å². The van der Waals surface area contributed by atoms with Gasteiger partial charge in [0.05, 0.1) is 11.9 Å². The second kappa shape index (κ2) is 8.92. The van der Waals surface area contributed by atoms with Crippen molar-refractivity contribution in [3.8, 4) is 0 Å². The summed E-state index contributed by atoms with van der Waals surface area (Å²) in [6.45, 7) is 2.56. The Labute approximate surface area is 112 Å². The van der Waals surface area contributed by atoms with Gasteiger partial charge in [-0.1, -0.05) is 39.0 Å². The smallest absolute Gasteiger partial charge is 0.270 e. The van der Waals surface area contributed by atoms with Gasteiger partial charge in [0.1, 0.15) is 0 Å². The van der Waals surface area contributed by atoms with Crippen molar-refractivity contribution in [1.82, 2.24) is 0 Å². The lowest BCUT2D eigenvalue weighted by atomic mass is 10.0. The third kappa shape index (κ3) is 6.19. The second-order valence-corrected chi connectivity index (χ2v) is 7.04. The summed E-state index contributed by atoms with van der Waals surface area (Å²) in [5, 5.41) is -0.261. The van der Waals surface area contributed by atoms with Crippen molar-refractivity contribution in [2.45, 2.75) is 76.4 Å². The minimum Gasteiger partial charge on any atom is -0.270 e. The summed E-state index contributed by atoms with van der Waals surface area (Å²) in [6.07, 6.45) is 12.3. The van der Waals surface area contributed by atoms with Crippen molar-refractivity contribution in [3.63, 3.8) is 0 Å². The molecule has 0 aromatic rings. The number of unbranched alkanes of at least 4 members (excludes halogenated alkanes) is 5. The number of hydrogen-bond acceptors (Lipinski definition) is 3. The average molecular weight is 275 g/mol. The van der Waals surface area contributed by atoms with Crippen LogP contribution in [0.5, 0.6) is 0 Å². The molecule has 3 nitrogen and oxygen atoms in total. The molecule has 1 saturated carbocycles. The van der Waals surface area contributed by atoms with Crippen molar-refractivity contribution >= 4 is 10.1 Å². The molecule has 0 aliphatic heterocycles. The highest BCUT2D eigenvalue weighted by Crippen LogP contribution is 2.24. The molecule has 0 N–H and O–H groups in total. The van der Waals surface area contributed by atoms with Gasteiger partial charge in [0.25, 0.3) is 10.1 Å². The standard InChI is InChI=1S/C14H27O3S/c1-2-3-4-5-6-10-13-17-18(15,16)14-11-8-7-9-12-14/h7,14H,2-6,8-13H2,1H3. The van der Waals surface area contributed by atoms with Gasteiger partial charge in [-0.25, -0.2) is 0 Å². The van der Waals surface area contributed by atoms with Crippen LogP contribution >= 0.6 is 0 Å². The molecule has 0 unspecified atom stereocenters. The van der Waals surface area contributed by atoms with E-state index in [1.54, 1.807) is 0 Å². The zero-order valence-corrected chi connectivity index (χ0v) is 12.4. The van der Waals surface area contributed by atoms with Gasteiger partial charge in [-0.3, -0.25) is 4.18 Å². The molecule has 18 heavy (non-hydrogen) atoms. The summed E-state index contributed by atoms with van der Waals surface area (Å²) >= 11 is 0. The molecule has 1 rings (SSSR count). The van der Waals surface area contributed by atoms with Crippen LogP contribution in [0.25, 0.3) is 0 Å². The van der Waals surface area contributed by atoms with E-state index in [0.717, 1.165) is 38.5 Å². The normalized spacial score (nSPS) is 18.1. The Balaban J connectivity index is 2.09. The molecule has 1 aliphatic carbocycles. The van der Waals surface area contributed by atoms with Gasteiger partial charge in [0.2, 0.25) is 0 Å². The topological polar surface area (TPSA) is 43.4 Å². The highest BCUT2D eigenvalue weighted by molar-refractivity contribution is 7.87. The molecule has 0 aromatic carbocycles. The van der Waals surface area contributed by atoms with Crippen LogP contribution in [0.1, 0.15) is 71.1 Å². The molecule has 107 valence electrons. The molecule has 0 aromatic heterocycles. The van der Waals surface area contributed by atoms with Crippen LogP contribution in [0.3, 0.4) is 0 Å². The molecule has 0 saturated heterocycles. The Morgan fingerprint density at radius 1 is 1.06 bits per heavy atom. The van der Waals surface area contributed by atoms with Gasteiger partial charge in [-0.05, 0) is 38.5 Å². The monoisotopic (exact) mass is 275 g/mol. The highest BCUT2D eigenvalue weighted by Gasteiger charge is 2.27. The van der Waals surface area contributed by atoms with E-state index in [0.29, 0.717) is 6.61 Å². The summed E-state index contributed by atoms with van der Waals surface area (Å²) in [7, 11) is -3.30. The first-order valence-electron chi connectivity index (χ1n) is 7.36. The Morgan fingerprint density at radius 2 is 1.67 bits per heavy atom. The molecule has 0 amide bonds. The van der Waals surface area contributed by atoms with E-state index in [-0.39, 0.29) is 5.25 Å². The van der Waals surface area contributed by atoms with Crippen molar-refractivity contribution in [1.29, 1.82) is 0 Å². The lowest BCUT2D eigenvalue weighted by Gasteiger charge is -2.20. The Kier molecular flexibility index (Phi) is 7.91. The lowest BCUT2D eigenvalue weighted by Crippen LogP contribution is -2.26. The number of hydrogen-bond donors (Lipinski definition) is 0. The molecule has 0 spiro atoms. The quantitative estimate of drug-likeness (QED) is 0.474. The van der Waals surface area contributed by atoms with Crippen LogP contribution in [0, 0.1) is 6.42 Å². The van der Waals surface area contributed by atoms with Crippen LogP contribution in [-0.4, -0.2) is 20.3 Å². The summed E-state index contributed by atoms with van der Waals surface area (Å²) in [6, 6.07) is 0. The van der Waals surface area contributed by atoms with E-state index >= 15 is 0 Å². The van der Waals surface area contributed by atoms with Crippen LogP contribution in [0.2, 0.25) is 0 Å². The molecule has 0 heterocycles. The fraction of sp³-hybridized carbons (Fsp3) is 0.929. The van der Waals surface area contributed by atoms with Crippen LogP contribution < -0.4 is 0 Å². The second-order valence-electron chi connectivity index (χ2n) is 5.15. The molecule has 1 radical (unpaired) electrons. The van der Waals surface area contributed by atoms with Crippen molar-refractivity contribution in [2.24, 2.45) is 0 Å². The van der Waals surface area contributed by atoms with Gasteiger partial charge in [-0.2, -0.15) is 8.42 Å². The van der Waals surface area contributed by atoms with Crippen molar-refractivity contribution in [3.05, 3.63) is 6.42 Å². The zero-order valence-electron chi connectivity index (χ0n) is 11.6. The van der Waals surface area contributed by atoms with Crippen LogP contribution in [-0.2, 0) is 14.3 Å². The average Bonchev–Trinajstić information content (AvgIpc) is 2.39. The molecule has 4 heteroatoms. The highest BCUT2D eigenvalue weighted by atomic mass is 32.2. The maximum atomic E-state index is 11.9. The van der Waals surface area contributed by atoms with Gasteiger partial charge in [0.15, 0.2) is 0 Å². The SMILES string of the molecule is CCCCCCCCOS(=O)(=O)C1CC[CH]CC1. The third-order valence-corrected chi connectivity index (χ3v) is 5.32. The lowest BCUT2D eigenvalue weighted by molar-refractivity contribution is 0.296. The van der Waals surface area contributed by atoms with Gasteiger partial charge >= 0.3 is 0 Å². The van der Waals surface area contributed by atoms with E-state index in [1.165, 1.54) is 25.7 Å². The fourth-order valence-corrected chi connectivity index (χ4v) is 3.73. The zero-order chi connectivity index (χ0) is 13.3. The molecular formula is C14H27O3S. The maximum absolute atomic E-state index is 11.9. The predicted molar refractivity (Wildman–Crippen MR) is 74.8 cm³/mol. The Morgan fingerprint density at radius 3 is 2.33 bits per heavy atom. The minimum atomic E-state index is -3.30. The summed E-state index contributed by atoms with van der Waals surface area (Å²) in [5.74, 6) is 0. The molecule has 0 bridgehead atoms. The first kappa shape index (κ1) is 16.0. The number of rotatable bonds is 9. The summed E-state index contributed by atoms with van der Waals surface area (Å²) in [4.78, 5) is 0. The van der Waals surface area contributed by atoms with Crippen molar-refractivity contribution < 1.29 is 12.6 Å². The first-order valence-corrected chi connectivity index (χ1v) is 8.84. The third-order valence-electron chi connectivity index (χ3n) is 3.54. The molecule has 0 atom stereocenters. The predicted octanol–water partition coefficient (Wildman–Crippen LogP) is 3.84. The molecule has 1 aliphatic rings. The van der Waals surface area contributed by atoms with E-state index in [1.807, 2.05) is 0 Å². The van der Waals surface area contributed by atoms with Crippen LogP contribution in [0.15, 0.2) is 0 Å². The van der Waals surface area contributed by atoms with E-state index in [4.69, 9.17) is 4.18 Å². The molecule has 1 fully saturated rings. The summed E-state index contributed by atoms with van der Waals surface area (Å²) in [5.41, 5.74) is 0. The Hall–Kier alpha value is -0.0900. The first-order chi connectivity index (χ1) is 8.67. The molecular weight excluding hydrogens is 248 g/mol. The van der Waals surface area contributed by atoms with E-state index in [9.17, 15) is 8.42 Å². The fourth-order valence-electron chi connectivity index (χ4n) is 2.34. The van der Waals surface area contributed by atoms with E-state index in [2.05, 4.69) is 13.3 Å². The van der Waals surface area contributed by atoms with Gasteiger partial charge in [-0.15, -0.1) is 0 Å². The largest absolute Gasteiger partial charge is 0.270 e. The van der Waals surface area contributed by atoms with E-state index < -0.39 is 10.1 Å². The van der Waals surface area contributed by atoms with Crippen LogP contribution in [0.4, 0.5) is 0 Å². The van der Waals surface area contributed by atoms with Gasteiger partial charge in [0, 0.05) is 0 Å². The summed E-state index contributed by atoms with van der Waals surface area (Å²) < 4.78 is 28.9.